The zero-order chi connectivity index (χ0) is 19.6. The zero-order valence-electron chi connectivity index (χ0n) is 16.5. The highest BCUT2D eigenvalue weighted by molar-refractivity contribution is 5.94. The monoisotopic (exact) mass is 390 g/mol. The number of imidazole rings is 1. The minimum Gasteiger partial charge on any atom is -0.337 e. The fourth-order valence-electron chi connectivity index (χ4n) is 4.68. The number of aromatic amines is 1. The van der Waals surface area contributed by atoms with Crippen LogP contribution in [0.25, 0.3) is 0 Å². The molecule has 150 valence electrons. The Kier molecular flexibility index (Phi) is 4.87. The largest absolute Gasteiger partial charge is 0.337 e. The molecule has 5 rings (SSSR count). The van der Waals surface area contributed by atoms with E-state index in [2.05, 4.69) is 24.7 Å². The summed E-state index contributed by atoms with van der Waals surface area (Å²) >= 11 is 0. The van der Waals surface area contributed by atoms with Crippen molar-refractivity contribution in [2.24, 2.45) is 0 Å². The molecule has 4 heterocycles. The molecular formula is C22H26N6O. The van der Waals surface area contributed by atoms with E-state index < -0.39 is 0 Å². The Bertz CT molecular complexity index is 992. The topological polar surface area (TPSA) is 79.7 Å². The summed E-state index contributed by atoms with van der Waals surface area (Å²) in [4.78, 5) is 24.0. The van der Waals surface area contributed by atoms with Gasteiger partial charge in [-0.3, -0.25) is 14.9 Å². The summed E-state index contributed by atoms with van der Waals surface area (Å²) in [5.41, 5.74) is 4.13. The lowest BCUT2D eigenvalue weighted by Crippen LogP contribution is -2.40. The quantitative estimate of drug-likeness (QED) is 0.743. The third-order valence-corrected chi connectivity index (χ3v) is 6.18. The maximum Gasteiger partial charge on any atom is 0.274 e. The summed E-state index contributed by atoms with van der Waals surface area (Å²) in [7, 11) is 0. The molecule has 3 aromatic rings. The van der Waals surface area contributed by atoms with Gasteiger partial charge in [0.1, 0.15) is 5.82 Å². The average molecular weight is 390 g/mol. The van der Waals surface area contributed by atoms with Crippen LogP contribution in [0.2, 0.25) is 0 Å². The highest BCUT2D eigenvalue weighted by Crippen LogP contribution is 2.29. The Morgan fingerprint density at radius 2 is 2.00 bits per heavy atom. The summed E-state index contributed by atoms with van der Waals surface area (Å²) in [6, 6.07) is 4.06. The smallest absolute Gasteiger partial charge is 0.274 e. The predicted molar refractivity (Wildman–Crippen MR) is 109 cm³/mol. The van der Waals surface area contributed by atoms with Gasteiger partial charge in [-0.2, -0.15) is 5.10 Å². The van der Waals surface area contributed by atoms with Gasteiger partial charge in [-0.1, -0.05) is 0 Å². The van der Waals surface area contributed by atoms with Crippen molar-refractivity contribution < 1.29 is 4.79 Å². The van der Waals surface area contributed by atoms with Crippen LogP contribution in [0.1, 0.15) is 64.7 Å². The number of hydrogen-bond acceptors (Lipinski definition) is 4. The Labute approximate surface area is 170 Å². The van der Waals surface area contributed by atoms with E-state index in [4.69, 9.17) is 0 Å². The third kappa shape index (κ3) is 3.57. The van der Waals surface area contributed by atoms with Crippen LogP contribution in [0, 0.1) is 0 Å². The second-order valence-corrected chi connectivity index (χ2v) is 8.10. The highest BCUT2D eigenvalue weighted by atomic mass is 16.2. The van der Waals surface area contributed by atoms with E-state index in [0.717, 1.165) is 62.3 Å². The molecule has 7 nitrogen and oxygen atoms in total. The minimum absolute atomic E-state index is 0.0707. The molecule has 1 aliphatic carbocycles. The number of carbonyl (C=O) groups is 1. The van der Waals surface area contributed by atoms with E-state index in [1.807, 2.05) is 41.8 Å². The number of amides is 1. The first-order valence-electron chi connectivity index (χ1n) is 10.5. The van der Waals surface area contributed by atoms with Gasteiger partial charge in [0, 0.05) is 61.6 Å². The standard InChI is InChI=1S/C22H26N6O/c29-22(20-18-5-1-2-6-19(18)25-26-20)28-12-3-4-17(15-28)21-24-11-13-27(21)14-16-7-9-23-10-8-16/h7-11,13,17H,1-6,12,14-15H2,(H,25,26)/t17-/m1/s1. The molecule has 1 fully saturated rings. The fourth-order valence-corrected chi connectivity index (χ4v) is 4.68. The van der Waals surface area contributed by atoms with Gasteiger partial charge in [-0.05, 0) is 56.2 Å². The van der Waals surface area contributed by atoms with Crippen LogP contribution in [0.3, 0.4) is 0 Å². The maximum atomic E-state index is 13.2. The molecule has 0 aromatic carbocycles. The second-order valence-electron chi connectivity index (χ2n) is 8.10. The van der Waals surface area contributed by atoms with Gasteiger partial charge in [0.2, 0.25) is 0 Å². The van der Waals surface area contributed by atoms with E-state index >= 15 is 0 Å². The lowest BCUT2D eigenvalue weighted by Gasteiger charge is -2.32. The van der Waals surface area contributed by atoms with Crippen LogP contribution in [0.5, 0.6) is 0 Å². The highest BCUT2D eigenvalue weighted by Gasteiger charge is 2.31. The predicted octanol–water partition coefficient (Wildman–Crippen LogP) is 2.95. The molecule has 29 heavy (non-hydrogen) atoms. The number of nitrogens with zero attached hydrogens (tertiary/aromatic N) is 5. The van der Waals surface area contributed by atoms with E-state index in [0.29, 0.717) is 12.2 Å². The van der Waals surface area contributed by atoms with Gasteiger partial charge < -0.3 is 9.47 Å². The summed E-state index contributed by atoms with van der Waals surface area (Å²) in [6.45, 7) is 2.27. The summed E-state index contributed by atoms with van der Waals surface area (Å²) in [6.07, 6.45) is 13.8. The van der Waals surface area contributed by atoms with Crippen LogP contribution >= 0.6 is 0 Å². The number of pyridine rings is 1. The van der Waals surface area contributed by atoms with Crippen molar-refractivity contribution in [2.75, 3.05) is 13.1 Å². The number of rotatable bonds is 4. The molecule has 7 heteroatoms. The first-order valence-corrected chi connectivity index (χ1v) is 10.5. The molecule has 3 aromatic heterocycles. The van der Waals surface area contributed by atoms with E-state index in [9.17, 15) is 4.79 Å². The Balaban J connectivity index is 1.33. The molecule has 0 unspecified atom stereocenters. The molecule has 0 radical (unpaired) electrons. The van der Waals surface area contributed by atoms with Crippen molar-refractivity contribution in [3.8, 4) is 0 Å². The van der Waals surface area contributed by atoms with Crippen LogP contribution in [0.15, 0.2) is 36.9 Å². The van der Waals surface area contributed by atoms with E-state index in [-0.39, 0.29) is 11.8 Å². The molecule has 1 N–H and O–H groups in total. The Hall–Kier alpha value is -2.96. The summed E-state index contributed by atoms with van der Waals surface area (Å²) in [5, 5.41) is 7.49. The third-order valence-electron chi connectivity index (χ3n) is 6.18. The van der Waals surface area contributed by atoms with Crippen molar-refractivity contribution in [3.05, 3.63) is 65.3 Å². The number of fused-ring (bicyclic) bond motifs is 1. The number of carbonyl (C=O) groups excluding carboxylic acids is 1. The lowest BCUT2D eigenvalue weighted by molar-refractivity contribution is 0.0696. The Morgan fingerprint density at radius 1 is 1.14 bits per heavy atom. The van der Waals surface area contributed by atoms with Crippen molar-refractivity contribution in [2.45, 2.75) is 51.0 Å². The van der Waals surface area contributed by atoms with Crippen molar-refractivity contribution >= 4 is 5.91 Å². The van der Waals surface area contributed by atoms with Crippen molar-refractivity contribution in [1.82, 2.24) is 29.6 Å². The van der Waals surface area contributed by atoms with Gasteiger partial charge in [-0.25, -0.2) is 4.98 Å². The van der Waals surface area contributed by atoms with Gasteiger partial charge in [-0.15, -0.1) is 0 Å². The number of piperidine rings is 1. The lowest BCUT2D eigenvalue weighted by atomic mass is 9.94. The minimum atomic E-state index is 0.0707. The number of aryl methyl sites for hydroxylation is 1. The van der Waals surface area contributed by atoms with Gasteiger partial charge in [0.15, 0.2) is 5.69 Å². The second kappa shape index (κ2) is 7.81. The molecule has 1 saturated heterocycles. The fraction of sp³-hybridized carbons (Fsp3) is 0.455. The van der Waals surface area contributed by atoms with Crippen molar-refractivity contribution in [3.63, 3.8) is 0 Å². The number of nitrogens with one attached hydrogen (secondary N) is 1. The molecule has 2 aliphatic rings. The van der Waals surface area contributed by atoms with Gasteiger partial charge in [0.25, 0.3) is 5.91 Å². The zero-order valence-corrected chi connectivity index (χ0v) is 16.5. The van der Waals surface area contributed by atoms with Crippen molar-refractivity contribution in [1.29, 1.82) is 0 Å². The molecule has 0 saturated carbocycles. The first kappa shape index (κ1) is 18.1. The number of hydrogen-bond donors (Lipinski definition) is 1. The summed E-state index contributed by atoms with van der Waals surface area (Å²) < 4.78 is 2.20. The number of likely N-dealkylation sites (tertiary alicyclic amines) is 1. The number of H-pyrrole nitrogens is 1. The Morgan fingerprint density at radius 3 is 2.90 bits per heavy atom. The maximum absolute atomic E-state index is 13.2. The van der Waals surface area contributed by atoms with E-state index in [1.54, 1.807) is 0 Å². The van der Waals surface area contributed by atoms with Crippen LogP contribution < -0.4 is 0 Å². The average Bonchev–Trinajstić information content (AvgIpc) is 3.41. The van der Waals surface area contributed by atoms with Gasteiger partial charge in [0.05, 0.1) is 0 Å². The molecular weight excluding hydrogens is 364 g/mol. The SMILES string of the molecule is O=C(c1n[nH]c2c1CCCC2)N1CCC[C@@H](c2nccn2Cc2ccncc2)C1. The van der Waals surface area contributed by atoms with Gasteiger partial charge >= 0.3 is 0 Å². The normalized spacial score (nSPS) is 19.2. The molecule has 0 spiro atoms. The van der Waals surface area contributed by atoms with Crippen LogP contribution in [-0.2, 0) is 19.4 Å². The van der Waals surface area contributed by atoms with Crippen LogP contribution in [0.4, 0.5) is 0 Å². The molecule has 1 amide bonds. The molecule has 0 bridgehead atoms. The molecule has 1 aliphatic heterocycles. The van der Waals surface area contributed by atoms with E-state index in [1.165, 1.54) is 12.0 Å². The summed E-state index contributed by atoms with van der Waals surface area (Å²) in [5.74, 6) is 1.38. The first-order chi connectivity index (χ1) is 14.3. The van der Waals surface area contributed by atoms with Crippen LogP contribution in [-0.4, -0.2) is 48.6 Å². The molecule has 1 atom stereocenters. The number of aromatic nitrogens is 5.